The Balaban J connectivity index is 1.72. The lowest BCUT2D eigenvalue weighted by Gasteiger charge is -2.16. The van der Waals surface area contributed by atoms with Gasteiger partial charge in [-0.1, -0.05) is 34.1 Å². The molecule has 20 heavy (non-hydrogen) atoms. The molecule has 0 spiro atoms. The van der Waals surface area contributed by atoms with Gasteiger partial charge in [0, 0.05) is 15.5 Å². The van der Waals surface area contributed by atoms with Crippen molar-refractivity contribution in [2.75, 3.05) is 5.32 Å². The van der Waals surface area contributed by atoms with E-state index in [0.29, 0.717) is 6.04 Å². The molecular formula is C16H14BrN3. The second kappa shape index (κ2) is 4.63. The number of halogens is 1. The number of nitrogens with one attached hydrogen (secondary N) is 2. The molecule has 0 amide bonds. The molecule has 0 fully saturated rings. The number of rotatable bonds is 2. The van der Waals surface area contributed by atoms with Crippen molar-refractivity contribution < 1.29 is 0 Å². The largest absolute Gasteiger partial charge is 0.378 e. The lowest BCUT2D eigenvalue weighted by atomic mass is 10.1. The number of H-pyrrole nitrogens is 1. The van der Waals surface area contributed by atoms with Gasteiger partial charge >= 0.3 is 0 Å². The smallest absolute Gasteiger partial charge is 0.0671 e. The summed E-state index contributed by atoms with van der Waals surface area (Å²) in [5.41, 5.74) is 5.06. The first-order valence-corrected chi connectivity index (χ1v) is 7.58. The number of nitrogens with zero attached hydrogens (tertiary/aromatic N) is 1. The van der Waals surface area contributed by atoms with E-state index in [1.165, 1.54) is 15.6 Å². The topological polar surface area (TPSA) is 40.7 Å². The summed E-state index contributed by atoms with van der Waals surface area (Å²) in [7, 11) is 0. The van der Waals surface area contributed by atoms with E-state index in [4.69, 9.17) is 0 Å². The molecule has 1 heterocycles. The molecule has 0 radical (unpaired) electrons. The lowest BCUT2D eigenvalue weighted by molar-refractivity contribution is 0.763. The molecule has 0 saturated carbocycles. The van der Waals surface area contributed by atoms with E-state index >= 15 is 0 Å². The molecule has 3 nitrogen and oxygen atoms in total. The summed E-state index contributed by atoms with van der Waals surface area (Å²) < 4.78 is 1.22. The normalized spacial score (nSPS) is 17.4. The predicted octanol–water partition coefficient (Wildman–Crippen LogP) is 4.42. The number of hydrogen-bond acceptors (Lipinski definition) is 2. The maximum Gasteiger partial charge on any atom is 0.0671 e. The molecule has 4 heteroatoms. The second-order valence-corrected chi connectivity index (χ2v) is 6.03. The summed E-state index contributed by atoms with van der Waals surface area (Å²) in [4.78, 5) is 0. The fourth-order valence-corrected chi connectivity index (χ4v) is 3.62. The van der Waals surface area contributed by atoms with Gasteiger partial charge in [-0.2, -0.15) is 5.10 Å². The molecule has 1 atom stereocenters. The molecule has 100 valence electrons. The summed E-state index contributed by atoms with van der Waals surface area (Å²) in [6.45, 7) is 0. The zero-order valence-corrected chi connectivity index (χ0v) is 12.4. The Hall–Kier alpha value is -1.81. The van der Waals surface area contributed by atoms with Crippen molar-refractivity contribution >= 4 is 32.5 Å². The fraction of sp³-hybridized carbons (Fsp3) is 0.188. The Morgan fingerprint density at radius 1 is 1.20 bits per heavy atom. The summed E-state index contributed by atoms with van der Waals surface area (Å²) in [5.74, 6) is 0. The maximum absolute atomic E-state index is 4.12. The van der Waals surface area contributed by atoms with E-state index < -0.39 is 0 Å². The monoisotopic (exact) mass is 327 g/mol. The van der Waals surface area contributed by atoms with E-state index in [0.717, 1.165) is 29.4 Å². The van der Waals surface area contributed by atoms with Gasteiger partial charge in [-0.25, -0.2) is 0 Å². The molecule has 0 bridgehead atoms. The summed E-state index contributed by atoms with van der Waals surface area (Å²) in [6.07, 6.45) is 4.14. The van der Waals surface area contributed by atoms with Gasteiger partial charge in [0.2, 0.25) is 0 Å². The van der Waals surface area contributed by atoms with Crippen LogP contribution >= 0.6 is 15.9 Å². The van der Waals surface area contributed by atoms with Gasteiger partial charge in [-0.15, -0.1) is 0 Å². The number of aromatic nitrogens is 2. The van der Waals surface area contributed by atoms with E-state index in [2.05, 4.69) is 61.8 Å². The van der Waals surface area contributed by atoms with Crippen LogP contribution in [0.4, 0.5) is 5.69 Å². The first-order valence-electron chi connectivity index (χ1n) is 6.79. The third kappa shape index (κ3) is 1.83. The van der Waals surface area contributed by atoms with E-state index in [-0.39, 0.29) is 0 Å². The van der Waals surface area contributed by atoms with E-state index in [1.54, 1.807) is 0 Å². The molecule has 1 aromatic heterocycles. The molecule has 1 aliphatic carbocycles. The maximum atomic E-state index is 4.12. The van der Waals surface area contributed by atoms with Gasteiger partial charge < -0.3 is 5.32 Å². The molecule has 2 aromatic carbocycles. The first kappa shape index (κ1) is 12.0. The third-order valence-electron chi connectivity index (χ3n) is 4.03. The van der Waals surface area contributed by atoms with Crippen LogP contribution in [0.3, 0.4) is 0 Å². The molecule has 0 saturated heterocycles. The van der Waals surface area contributed by atoms with Crippen molar-refractivity contribution in [2.24, 2.45) is 0 Å². The van der Waals surface area contributed by atoms with Crippen molar-refractivity contribution in [3.63, 3.8) is 0 Å². The van der Waals surface area contributed by atoms with Crippen molar-refractivity contribution in [3.05, 3.63) is 58.2 Å². The van der Waals surface area contributed by atoms with Crippen molar-refractivity contribution in [2.45, 2.75) is 18.9 Å². The molecule has 1 unspecified atom stereocenters. The van der Waals surface area contributed by atoms with Crippen LogP contribution in [0, 0.1) is 0 Å². The summed E-state index contributed by atoms with van der Waals surface area (Å²) in [5, 5.41) is 12.0. The van der Waals surface area contributed by atoms with Gasteiger partial charge in [0.15, 0.2) is 0 Å². The van der Waals surface area contributed by atoms with Gasteiger partial charge in [0.1, 0.15) is 0 Å². The zero-order valence-electron chi connectivity index (χ0n) is 10.9. The second-order valence-electron chi connectivity index (χ2n) is 5.18. The Labute approximate surface area is 125 Å². The minimum absolute atomic E-state index is 0.378. The highest BCUT2D eigenvalue weighted by Gasteiger charge is 2.24. The Bertz CT molecular complexity index is 778. The number of fused-ring (bicyclic) bond motifs is 2. The minimum atomic E-state index is 0.378. The highest BCUT2D eigenvalue weighted by atomic mass is 79.9. The van der Waals surface area contributed by atoms with Gasteiger partial charge in [0.05, 0.1) is 17.8 Å². The van der Waals surface area contributed by atoms with Gasteiger partial charge in [-0.05, 0) is 42.2 Å². The molecule has 4 rings (SSSR count). The van der Waals surface area contributed by atoms with Crippen LogP contribution in [0.2, 0.25) is 0 Å². The predicted molar refractivity (Wildman–Crippen MR) is 84.9 cm³/mol. The average molecular weight is 328 g/mol. The van der Waals surface area contributed by atoms with Crippen molar-refractivity contribution in [3.8, 4) is 0 Å². The van der Waals surface area contributed by atoms with Crippen LogP contribution in [0.15, 0.2) is 47.1 Å². The zero-order chi connectivity index (χ0) is 13.5. The molecule has 3 aromatic rings. The van der Waals surface area contributed by atoms with Crippen LogP contribution in [-0.2, 0) is 6.42 Å². The Morgan fingerprint density at radius 2 is 2.10 bits per heavy atom. The van der Waals surface area contributed by atoms with Crippen LogP contribution in [-0.4, -0.2) is 10.2 Å². The van der Waals surface area contributed by atoms with E-state index in [1.807, 2.05) is 12.3 Å². The van der Waals surface area contributed by atoms with Crippen LogP contribution in [0.1, 0.15) is 23.6 Å². The van der Waals surface area contributed by atoms with E-state index in [9.17, 15) is 0 Å². The van der Waals surface area contributed by atoms with Crippen LogP contribution in [0.5, 0.6) is 0 Å². The summed E-state index contributed by atoms with van der Waals surface area (Å²) >= 11 is 3.65. The SMILES string of the molecule is Brc1cccc2c1CCC2Nc1cccc2[nH]ncc12. The number of hydrogen-bond donors (Lipinski definition) is 2. The first-order chi connectivity index (χ1) is 9.83. The quantitative estimate of drug-likeness (QED) is 0.731. The number of anilines is 1. The average Bonchev–Trinajstić information content (AvgIpc) is 3.07. The molecular weight excluding hydrogens is 314 g/mol. The lowest BCUT2D eigenvalue weighted by Crippen LogP contribution is -2.07. The summed E-state index contributed by atoms with van der Waals surface area (Å²) in [6, 6.07) is 13.1. The van der Waals surface area contributed by atoms with Gasteiger partial charge in [-0.3, -0.25) is 5.10 Å². The van der Waals surface area contributed by atoms with Gasteiger partial charge in [0.25, 0.3) is 0 Å². The third-order valence-corrected chi connectivity index (χ3v) is 4.77. The van der Waals surface area contributed by atoms with Crippen LogP contribution < -0.4 is 5.32 Å². The Kier molecular flexibility index (Phi) is 2.77. The highest BCUT2D eigenvalue weighted by Crippen LogP contribution is 2.38. The van der Waals surface area contributed by atoms with Crippen LogP contribution in [0.25, 0.3) is 10.9 Å². The molecule has 1 aliphatic rings. The molecule has 2 N–H and O–H groups in total. The van der Waals surface area contributed by atoms with Crippen molar-refractivity contribution in [1.29, 1.82) is 0 Å². The van der Waals surface area contributed by atoms with Crippen molar-refractivity contribution in [1.82, 2.24) is 10.2 Å². The minimum Gasteiger partial charge on any atom is -0.378 e. The highest BCUT2D eigenvalue weighted by molar-refractivity contribution is 9.10. The number of benzene rings is 2. The fourth-order valence-electron chi connectivity index (χ4n) is 3.04. The standard InChI is InChI=1S/C16H14BrN3/c17-13-4-1-3-11-10(13)7-8-15(11)19-14-5-2-6-16-12(14)9-18-20-16/h1-6,9,15,19H,7-8H2,(H,18,20). The molecule has 0 aliphatic heterocycles. The number of aromatic amines is 1. The Morgan fingerprint density at radius 3 is 3.05 bits per heavy atom.